The van der Waals surface area contributed by atoms with Gasteiger partial charge in [-0.1, -0.05) is 24.3 Å². The first kappa shape index (κ1) is 26.0. The zero-order valence-corrected chi connectivity index (χ0v) is 22.6. The Bertz CT molecular complexity index is 1270. The summed E-state index contributed by atoms with van der Waals surface area (Å²) in [6.07, 6.45) is 5.13. The first-order valence-corrected chi connectivity index (χ1v) is 13.6. The van der Waals surface area contributed by atoms with E-state index in [9.17, 15) is 9.59 Å². The maximum Gasteiger partial charge on any atom is 0.224 e. The molecular formula is C29H37N7O2. The minimum atomic E-state index is 0.0254. The molecule has 3 aromatic rings. The van der Waals surface area contributed by atoms with Crippen molar-refractivity contribution in [2.24, 2.45) is 0 Å². The SMILES string of the molecule is CC(=O)N1CC[C@@H]2CC[C@H](CN(C(=O)CCn3nc(C)nc3C)Cc3ccccc31)N2Cc1ccccn1. The number of fused-ring (bicyclic) bond motifs is 3. The number of benzene rings is 1. The molecule has 4 heterocycles. The lowest BCUT2D eigenvalue weighted by Gasteiger charge is -2.33. The summed E-state index contributed by atoms with van der Waals surface area (Å²) in [6, 6.07) is 14.6. The summed E-state index contributed by atoms with van der Waals surface area (Å²) < 4.78 is 1.81. The van der Waals surface area contributed by atoms with E-state index >= 15 is 0 Å². The van der Waals surface area contributed by atoms with E-state index < -0.39 is 0 Å². The van der Waals surface area contributed by atoms with E-state index in [1.165, 1.54) is 0 Å². The van der Waals surface area contributed by atoms with Gasteiger partial charge in [0.25, 0.3) is 0 Å². The Morgan fingerprint density at radius 1 is 1.00 bits per heavy atom. The van der Waals surface area contributed by atoms with Gasteiger partial charge in [-0.3, -0.25) is 19.5 Å². The van der Waals surface area contributed by atoms with Crippen LogP contribution in [0.3, 0.4) is 0 Å². The third-order valence-electron chi connectivity index (χ3n) is 7.84. The van der Waals surface area contributed by atoms with Gasteiger partial charge in [-0.25, -0.2) is 9.67 Å². The van der Waals surface area contributed by atoms with E-state index in [0.717, 1.165) is 48.6 Å². The van der Waals surface area contributed by atoms with Gasteiger partial charge in [-0.2, -0.15) is 5.10 Å². The van der Waals surface area contributed by atoms with E-state index in [0.29, 0.717) is 44.5 Å². The maximum atomic E-state index is 13.8. The highest BCUT2D eigenvalue weighted by Crippen LogP contribution is 2.32. The average molecular weight is 516 g/mol. The van der Waals surface area contributed by atoms with Crippen molar-refractivity contribution in [1.82, 2.24) is 29.5 Å². The van der Waals surface area contributed by atoms with Crippen molar-refractivity contribution >= 4 is 17.5 Å². The Balaban J connectivity index is 1.45. The van der Waals surface area contributed by atoms with Gasteiger partial charge in [0, 0.05) is 63.5 Å². The minimum absolute atomic E-state index is 0.0254. The Morgan fingerprint density at radius 2 is 1.79 bits per heavy atom. The number of carbonyl (C=O) groups is 2. The summed E-state index contributed by atoms with van der Waals surface area (Å²) in [7, 11) is 0. The predicted octanol–water partition coefficient (Wildman–Crippen LogP) is 3.50. The van der Waals surface area contributed by atoms with Crippen LogP contribution in [0.25, 0.3) is 0 Å². The van der Waals surface area contributed by atoms with Crippen LogP contribution in [0.5, 0.6) is 0 Å². The fourth-order valence-corrected chi connectivity index (χ4v) is 5.94. The zero-order valence-electron chi connectivity index (χ0n) is 22.6. The van der Waals surface area contributed by atoms with Gasteiger partial charge in [0.1, 0.15) is 11.6 Å². The van der Waals surface area contributed by atoms with Crippen molar-refractivity contribution in [3.05, 3.63) is 71.6 Å². The van der Waals surface area contributed by atoms with Crippen molar-refractivity contribution in [2.75, 3.05) is 18.0 Å². The number of amides is 2. The predicted molar refractivity (Wildman–Crippen MR) is 145 cm³/mol. The van der Waals surface area contributed by atoms with Crippen LogP contribution in [0.1, 0.15) is 55.5 Å². The zero-order chi connectivity index (χ0) is 26.6. The van der Waals surface area contributed by atoms with Crippen LogP contribution in [0.2, 0.25) is 0 Å². The van der Waals surface area contributed by atoms with E-state index in [4.69, 9.17) is 0 Å². The number of rotatable bonds is 5. The van der Waals surface area contributed by atoms with Gasteiger partial charge in [-0.05, 0) is 56.9 Å². The summed E-state index contributed by atoms with van der Waals surface area (Å²) in [6.45, 7) is 8.41. The summed E-state index contributed by atoms with van der Waals surface area (Å²) in [5, 5.41) is 4.44. The molecule has 9 nitrogen and oxygen atoms in total. The van der Waals surface area contributed by atoms with Gasteiger partial charge >= 0.3 is 0 Å². The van der Waals surface area contributed by atoms with Crippen molar-refractivity contribution in [3.63, 3.8) is 0 Å². The van der Waals surface area contributed by atoms with Crippen molar-refractivity contribution in [2.45, 2.75) is 78.2 Å². The lowest BCUT2D eigenvalue weighted by Crippen LogP contribution is -2.45. The topological polar surface area (TPSA) is 87.5 Å². The standard InChI is InChI=1S/C29H37N7O2/c1-21-31-22(2)36(32-21)17-14-29(38)33-18-24-8-4-5-10-28(24)34(23(3)37)16-13-26-11-12-27(20-33)35(26)19-25-9-6-7-15-30-25/h4-10,15,26-27H,11-14,16-20H2,1-3H3/t26-,27+/m0/s1. The fraction of sp³-hybridized carbons (Fsp3) is 0.483. The molecule has 0 N–H and O–H groups in total. The van der Waals surface area contributed by atoms with Crippen LogP contribution in [-0.4, -0.2) is 66.5 Å². The highest BCUT2D eigenvalue weighted by atomic mass is 16.2. The van der Waals surface area contributed by atoms with Crippen LogP contribution in [0, 0.1) is 13.8 Å². The van der Waals surface area contributed by atoms with E-state index in [2.05, 4.69) is 26.0 Å². The molecule has 5 rings (SSSR count). The molecule has 0 unspecified atom stereocenters. The van der Waals surface area contributed by atoms with Crippen LogP contribution in [0.15, 0.2) is 48.7 Å². The van der Waals surface area contributed by atoms with Gasteiger partial charge in [0.15, 0.2) is 0 Å². The second-order valence-corrected chi connectivity index (χ2v) is 10.4. The molecular weight excluding hydrogens is 478 g/mol. The van der Waals surface area contributed by atoms with Crippen molar-refractivity contribution in [3.8, 4) is 0 Å². The number of aromatic nitrogens is 4. The normalized spacial score (nSPS) is 20.2. The Kier molecular flexibility index (Phi) is 7.83. The number of carbonyl (C=O) groups excluding carboxylic acids is 2. The lowest BCUT2D eigenvalue weighted by molar-refractivity contribution is -0.133. The second-order valence-electron chi connectivity index (χ2n) is 10.4. The Hall–Kier alpha value is -3.59. The van der Waals surface area contributed by atoms with Crippen molar-refractivity contribution in [1.29, 1.82) is 0 Å². The quantitative estimate of drug-likeness (QED) is 0.517. The fourth-order valence-electron chi connectivity index (χ4n) is 5.94. The number of hydrogen-bond acceptors (Lipinski definition) is 6. The molecule has 38 heavy (non-hydrogen) atoms. The molecule has 0 spiro atoms. The largest absolute Gasteiger partial charge is 0.337 e. The molecule has 2 aliphatic rings. The number of aryl methyl sites for hydroxylation is 3. The lowest BCUT2D eigenvalue weighted by atomic mass is 10.1. The third-order valence-corrected chi connectivity index (χ3v) is 7.84. The molecule has 1 saturated heterocycles. The van der Waals surface area contributed by atoms with Crippen LogP contribution < -0.4 is 4.90 Å². The average Bonchev–Trinajstić information content (AvgIpc) is 3.42. The molecule has 2 aliphatic heterocycles. The van der Waals surface area contributed by atoms with Crippen molar-refractivity contribution < 1.29 is 9.59 Å². The molecule has 2 aromatic heterocycles. The molecule has 2 bridgehead atoms. The molecule has 2 atom stereocenters. The van der Waals surface area contributed by atoms with Gasteiger partial charge in [0.2, 0.25) is 11.8 Å². The smallest absolute Gasteiger partial charge is 0.224 e. The molecule has 0 radical (unpaired) electrons. The maximum absolute atomic E-state index is 13.8. The highest BCUT2D eigenvalue weighted by molar-refractivity contribution is 5.92. The Morgan fingerprint density at radius 3 is 2.53 bits per heavy atom. The number of para-hydroxylation sites is 1. The molecule has 1 aromatic carbocycles. The molecule has 200 valence electrons. The number of pyridine rings is 1. The Labute approximate surface area is 224 Å². The summed E-state index contributed by atoms with van der Waals surface area (Å²) in [5.74, 6) is 1.64. The summed E-state index contributed by atoms with van der Waals surface area (Å²) in [5.41, 5.74) is 2.92. The first-order valence-electron chi connectivity index (χ1n) is 13.6. The minimum Gasteiger partial charge on any atom is -0.337 e. The first-order chi connectivity index (χ1) is 18.4. The van der Waals surface area contributed by atoms with Crippen LogP contribution in [-0.2, 0) is 29.2 Å². The van der Waals surface area contributed by atoms with Gasteiger partial charge in [0.05, 0.1) is 12.2 Å². The molecule has 0 aliphatic carbocycles. The van der Waals surface area contributed by atoms with E-state index in [-0.39, 0.29) is 17.9 Å². The van der Waals surface area contributed by atoms with E-state index in [1.54, 1.807) is 6.92 Å². The number of hydrogen-bond donors (Lipinski definition) is 0. The second kappa shape index (κ2) is 11.4. The number of anilines is 1. The van der Waals surface area contributed by atoms with Crippen LogP contribution in [0.4, 0.5) is 5.69 Å². The van der Waals surface area contributed by atoms with Gasteiger partial charge in [-0.15, -0.1) is 0 Å². The molecule has 2 amide bonds. The summed E-state index contributed by atoms with van der Waals surface area (Å²) >= 11 is 0. The summed E-state index contributed by atoms with van der Waals surface area (Å²) in [4.78, 5) is 41.9. The molecule has 9 heteroatoms. The monoisotopic (exact) mass is 515 g/mol. The molecule has 0 saturated carbocycles. The third kappa shape index (κ3) is 5.78. The highest BCUT2D eigenvalue weighted by Gasteiger charge is 2.36. The van der Waals surface area contributed by atoms with Crippen LogP contribution >= 0.6 is 0 Å². The molecule has 1 fully saturated rings. The van der Waals surface area contributed by atoms with Gasteiger partial charge < -0.3 is 9.80 Å². The number of nitrogens with zero attached hydrogens (tertiary/aromatic N) is 7. The van der Waals surface area contributed by atoms with E-state index in [1.807, 2.05) is 70.9 Å².